The summed E-state index contributed by atoms with van der Waals surface area (Å²) in [5.74, 6) is 0.597. The van der Waals surface area contributed by atoms with Crippen LogP contribution in [0, 0.1) is 6.92 Å². The van der Waals surface area contributed by atoms with Crippen molar-refractivity contribution in [3.05, 3.63) is 39.3 Å². The molecule has 0 radical (unpaired) electrons. The molecule has 0 amide bonds. The SMILES string of the molecule is Cc1nc2c(C3CCCC3)cc(CBr)cc2[nH]c1=O. The lowest BCUT2D eigenvalue weighted by Crippen LogP contribution is -2.13. The standard InChI is InChI=1S/C15H17BrN2O/c1-9-15(19)18-13-7-10(8-16)6-12(14(13)17-9)11-4-2-3-5-11/h6-7,11H,2-5,8H2,1H3,(H,18,19). The largest absolute Gasteiger partial charge is 0.319 e. The third-order valence-corrected chi connectivity index (χ3v) is 4.65. The van der Waals surface area contributed by atoms with Crippen LogP contribution < -0.4 is 5.56 Å². The number of benzene rings is 1. The predicted octanol–water partition coefficient (Wildman–Crippen LogP) is 3.78. The summed E-state index contributed by atoms with van der Waals surface area (Å²) >= 11 is 3.51. The molecular weight excluding hydrogens is 304 g/mol. The van der Waals surface area contributed by atoms with E-state index < -0.39 is 0 Å². The van der Waals surface area contributed by atoms with Gasteiger partial charge in [-0.25, -0.2) is 4.98 Å². The van der Waals surface area contributed by atoms with Crippen LogP contribution in [-0.4, -0.2) is 9.97 Å². The molecule has 0 spiro atoms. The van der Waals surface area contributed by atoms with Crippen molar-refractivity contribution in [1.82, 2.24) is 9.97 Å². The van der Waals surface area contributed by atoms with Crippen LogP contribution in [0.15, 0.2) is 16.9 Å². The first-order valence-electron chi connectivity index (χ1n) is 6.78. The van der Waals surface area contributed by atoms with Gasteiger partial charge in [0.1, 0.15) is 5.69 Å². The summed E-state index contributed by atoms with van der Waals surface area (Å²) in [4.78, 5) is 19.2. The number of hydrogen-bond acceptors (Lipinski definition) is 2. The Morgan fingerprint density at radius 3 is 2.79 bits per heavy atom. The van der Waals surface area contributed by atoms with Gasteiger partial charge in [-0.2, -0.15) is 0 Å². The Morgan fingerprint density at radius 2 is 2.11 bits per heavy atom. The van der Waals surface area contributed by atoms with Crippen molar-refractivity contribution in [3.8, 4) is 0 Å². The number of nitrogens with zero attached hydrogens (tertiary/aromatic N) is 1. The molecule has 1 aromatic carbocycles. The van der Waals surface area contributed by atoms with E-state index in [-0.39, 0.29) is 5.56 Å². The Kier molecular flexibility index (Phi) is 3.44. The third kappa shape index (κ3) is 2.34. The molecule has 1 aromatic heterocycles. The van der Waals surface area contributed by atoms with Crippen molar-refractivity contribution in [3.63, 3.8) is 0 Å². The van der Waals surface area contributed by atoms with E-state index in [2.05, 4.69) is 32.0 Å². The van der Waals surface area contributed by atoms with Crippen LogP contribution in [0.4, 0.5) is 0 Å². The van der Waals surface area contributed by atoms with Gasteiger partial charge in [-0.15, -0.1) is 0 Å². The molecule has 1 heterocycles. The number of alkyl halides is 1. The van der Waals surface area contributed by atoms with Crippen LogP contribution in [0.3, 0.4) is 0 Å². The van der Waals surface area contributed by atoms with Gasteiger partial charge in [0.25, 0.3) is 5.56 Å². The van der Waals surface area contributed by atoms with Gasteiger partial charge >= 0.3 is 0 Å². The number of aromatic amines is 1. The van der Waals surface area contributed by atoms with E-state index in [1.165, 1.54) is 36.8 Å². The molecule has 100 valence electrons. The smallest absolute Gasteiger partial charge is 0.269 e. The summed E-state index contributed by atoms with van der Waals surface area (Å²) in [6.45, 7) is 1.77. The third-order valence-electron chi connectivity index (χ3n) is 4.00. The second-order valence-electron chi connectivity index (χ2n) is 5.35. The summed E-state index contributed by atoms with van der Waals surface area (Å²) in [6, 6.07) is 4.27. The van der Waals surface area contributed by atoms with Crippen molar-refractivity contribution < 1.29 is 0 Å². The molecule has 19 heavy (non-hydrogen) atoms. The number of halogens is 1. The summed E-state index contributed by atoms with van der Waals surface area (Å²) in [5, 5.41) is 0.804. The molecule has 0 aliphatic heterocycles. The van der Waals surface area contributed by atoms with E-state index in [9.17, 15) is 4.79 Å². The summed E-state index contributed by atoms with van der Waals surface area (Å²) in [7, 11) is 0. The van der Waals surface area contributed by atoms with E-state index in [0.29, 0.717) is 11.6 Å². The average molecular weight is 321 g/mol. The van der Waals surface area contributed by atoms with Gasteiger partial charge in [0.15, 0.2) is 0 Å². The maximum Gasteiger partial charge on any atom is 0.269 e. The minimum absolute atomic E-state index is 0.0865. The van der Waals surface area contributed by atoms with Crippen molar-refractivity contribution in [1.29, 1.82) is 0 Å². The van der Waals surface area contributed by atoms with Crippen LogP contribution >= 0.6 is 15.9 Å². The maximum absolute atomic E-state index is 11.7. The lowest BCUT2D eigenvalue weighted by atomic mass is 9.94. The van der Waals surface area contributed by atoms with Crippen LogP contribution in [0.1, 0.15) is 48.4 Å². The fourth-order valence-electron chi connectivity index (χ4n) is 3.00. The van der Waals surface area contributed by atoms with Gasteiger partial charge < -0.3 is 4.98 Å². The quantitative estimate of drug-likeness (QED) is 0.856. The van der Waals surface area contributed by atoms with Gasteiger partial charge in [0.2, 0.25) is 0 Å². The van der Waals surface area contributed by atoms with Crippen LogP contribution in [0.25, 0.3) is 11.0 Å². The lowest BCUT2D eigenvalue weighted by molar-refractivity contribution is 0.726. The van der Waals surface area contributed by atoms with E-state index in [1.54, 1.807) is 6.92 Å². The number of aromatic nitrogens is 2. The molecule has 0 bridgehead atoms. The van der Waals surface area contributed by atoms with Crippen LogP contribution in [0.2, 0.25) is 0 Å². The summed E-state index contributed by atoms with van der Waals surface area (Å²) in [5.41, 5.74) is 4.83. The Bertz CT molecular complexity index is 672. The second-order valence-corrected chi connectivity index (χ2v) is 5.91. The Labute approximate surface area is 120 Å². The highest BCUT2D eigenvalue weighted by Gasteiger charge is 2.21. The molecule has 3 rings (SSSR count). The number of rotatable bonds is 2. The van der Waals surface area contributed by atoms with Crippen molar-refractivity contribution >= 4 is 27.0 Å². The Balaban J connectivity index is 2.27. The highest BCUT2D eigenvalue weighted by Crippen LogP contribution is 2.37. The molecule has 0 atom stereocenters. The second kappa shape index (κ2) is 5.08. The highest BCUT2D eigenvalue weighted by atomic mass is 79.9. The molecule has 1 aliphatic rings. The lowest BCUT2D eigenvalue weighted by Gasteiger charge is -2.14. The normalized spacial score (nSPS) is 16.3. The van der Waals surface area contributed by atoms with E-state index in [4.69, 9.17) is 0 Å². The minimum Gasteiger partial charge on any atom is -0.319 e. The molecule has 0 unspecified atom stereocenters. The van der Waals surface area contributed by atoms with E-state index >= 15 is 0 Å². The molecule has 3 nitrogen and oxygen atoms in total. The van der Waals surface area contributed by atoms with Crippen molar-refractivity contribution in [2.75, 3.05) is 0 Å². The van der Waals surface area contributed by atoms with E-state index in [0.717, 1.165) is 16.4 Å². The predicted molar refractivity (Wildman–Crippen MR) is 80.9 cm³/mol. The zero-order chi connectivity index (χ0) is 13.4. The number of hydrogen-bond donors (Lipinski definition) is 1. The zero-order valence-electron chi connectivity index (χ0n) is 11.0. The number of H-pyrrole nitrogens is 1. The van der Waals surface area contributed by atoms with Gasteiger partial charge in [-0.05, 0) is 42.9 Å². The van der Waals surface area contributed by atoms with E-state index in [1.807, 2.05) is 6.07 Å². The molecular formula is C15H17BrN2O. The molecule has 2 aromatic rings. The molecule has 0 saturated heterocycles. The summed E-state index contributed by atoms with van der Waals surface area (Å²) in [6.07, 6.45) is 5.07. The first-order valence-corrected chi connectivity index (χ1v) is 7.90. The monoisotopic (exact) mass is 320 g/mol. The summed E-state index contributed by atoms with van der Waals surface area (Å²) < 4.78 is 0. The molecule has 1 N–H and O–H groups in total. The molecule has 1 fully saturated rings. The van der Waals surface area contributed by atoms with Crippen molar-refractivity contribution in [2.24, 2.45) is 0 Å². The number of aryl methyl sites for hydroxylation is 1. The minimum atomic E-state index is -0.0865. The van der Waals surface area contributed by atoms with Crippen LogP contribution in [-0.2, 0) is 5.33 Å². The first kappa shape index (κ1) is 12.9. The topological polar surface area (TPSA) is 45.8 Å². The average Bonchev–Trinajstić information content (AvgIpc) is 2.93. The Morgan fingerprint density at radius 1 is 1.37 bits per heavy atom. The van der Waals surface area contributed by atoms with Gasteiger partial charge in [0, 0.05) is 5.33 Å². The van der Waals surface area contributed by atoms with Gasteiger partial charge in [0.05, 0.1) is 11.0 Å². The molecule has 1 aliphatic carbocycles. The fraction of sp³-hybridized carbons (Fsp3) is 0.467. The maximum atomic E-state index is 11.7. The number of fused-ring (bicyclic) bond motifs is 1. The number of nitrogens with one attached hydrogen (secondary N) is 1. The Hall–Kier alpha value is -1.16. The van der Waals surface area contributed by atoms with Gasteiger partial charge in [-0.3, -0.25) is 4.79 Å². The van der Waals surface area contributed by atoms with Gasteiger partial charge in [-0.1, -0.05) is 34.8 Å². The molecule has 1 saturated carbocycles. The fourth-order valence-corrected chi connectivity index (χ4v) is 3.32. The molecule has 4 heteroatoms. The van der Waals surface area contributed by atoms with Crippen molar-refractivity contribution in [2.45, 2.75) is 43.9 Å². The zero-order valence-corrected chi connectivity index (χ0v) is 12.6. The highest BCUT2D eigenvalue weighted by molar-refractivity contribution is 9.08. The first-order chi connectivity index (χ1) is 9.19. The van der Waals surface area contributed by atoms with Crippen LogP contribution in [0.5, 0.6) is 0 Å².